The Hall–Kier alpha value is -1.14. The first-order valence-corrected chi connectivity index (χ1v) is 8.06. The first-order valence-electron chi connectivity index (χ1n) is 8.06. The van der Waals surface area contributed by atoms with Gasteiger partial charge in [-0.05, 0) is 38.8 Å². The Labute approximate surface area is 127 Å². The minimum Gasteiger partial charge on any atom is -0.338 e. The number of unbranched alkanes of at least 4 members (excludes halogenated alkanes) is 1. The van der Waals surface area contributed by atoms with Crippen molar-refractivity contribution in [3.8, 4) is 0 Å². The molecule has 3 amide bonds. The molecule has 6 heteroatoms. The average Bonchev–Trinajstić information content (AvgIpc) is 2.47. The highest BCUT2D eigenvalue weighted by atomic mass is 16.2. The van der Waals surface area contributed by atoms with Crippen LogP contribution in [-0.2, 0) is 4.79 Å². The van der Waals surface area contributed by atoms with E-state index in [-0.39, 0.29) is 12.5 Å². The summed E-state index contributed by atoms with van der Waals surface area (Å²) in [7, 11) is 1.94. The zero-order chi connectivity index (χ0) is 15.7. The van der Waals surface area contributed by atoms with Crippen LogP contribution in [0.15, 0.2) is 0 Å². The molecule has 122 valence electrons. The fourth-order valence-electron chi connectivity index (χ4n) is 2.98. The molecule has 0 aliphatic heterocycles. The lowest BCUT2D eigenvalue weighted by molar-refractivity contribution is -0.121. The summed E-state index contributed by atoms with van der Waals surface area (Å²) in [6, 6.07) is -0.0569. The number of nitrogens with one attached hydrogen (secondary N) is 2. The number of imide groups is 1. The predicted octanol–water partition coefficient (Wildman–Crippen LogP) is 1.06. The van der Waals surface area contributed by atoms with Gasteiger partial charge in [-0.25, -0.2) is 4.79 Å². The van der Waals surface area contributed by atoms with Gasteiger partial charge in [-0.15, -0.1) is 0 Å². The zero-order valence-corrected chi connectivity index (χ0v) is 13.4. The van der Waals surface area contributed by atoms with Crippen molar-refractivity contribution < 1.29 is 9.59 Å². The quantitative estimate of drug-likeness (QED) is 0.613. The number of nitrogens with two attached hydrogens (primary N) is 1. The van der Waals surface area contributed by atoms with Gasteiger partial charge in [-0.3, -0.25) is 15.0 Å². The molecule has 21 heavy (non-hydrogen) atoms. The van der Waals surface area contributed by atoms with Crippen LogP contribution in [0.4, 0.5) is 4.79 Å². The van der Waals surface area contributed by atoms with Crippen LogP contribution >= 0.6 is 0 Å². The van der Waals surface area contributed by atoms with Crippen LogP contribution in [0.1, 0.15) is 45.4 Å². The van der Waals surface area contributed by atoms with Gasteiger partial charge in [-0.2, -0.15) is 0 Å². The van der Waals surface area contributed by atoms with E-state index < -0.39 is 6.03 Å². The number of carbonyl (C=O) groups is 2. The molecule has 0 radical (unpaired) electrons. The molecule has 0 heterocycles. The molecule has 0 bridgehead atoms. The molecular formula is C15H30N4O2. The molecule has 0 spiro atoms. The molecule has 4 N–H and O–H groups in total. The normalized spacial score (nSPS) is 22.1. The van der Waals surface area contributed by atoms with Crippen LogP contribution < -0.4 is 16.4 Å². The largest absolute Gasteiger partial charge is 0.338 e. The summed E-state index contributed by atoms with van der Waals surface area (Å²) in [6.07, 6.45) is 6.54. The number of urea groups is 1. The zero-order valence-electron chi connectivity index (χ0n) is 13.4. The summed E-state index contributed by atoms with van der Waals surface area (Å²) in [6.45, 7) is 3.55. The third-order valence-electron chi connectivity index (χ3n) is 4.20. The number of amides is 3. The van der Waals surface area contributed by atoms with Gasteiger partial charge in [-0.1, -0.05) is 26.2 Å². The van der Waals surface area contributed by atoms with Crippen LogP contribution in [0.3, 0.4) is 0 Å². The van der Waals surface area contributed by atoms with Crippen LogP contribution in [0.25, 0.3) is 0 Å². The van der Waals surface area contributed by atoms with Crippen molar-refractivity contribution in [2.24, 2.45) is 11.7 Å². The van der Waals surface area contributed by atoms with E-state index in [1.807, 2.05) is 11.9 Å². The van der Waals surface area contributed by atoms with Gasteiger partial charge in [0, 0.05) is 12.6 Å². The van der Waals surface area contributed by atoms with Crippen molar-refractivity contribution >= 4 is 11.9 Å². The molecule has 0 aromatic rings. The standard InChI is InChI=1S/C15H30N4O2/c1-3-4-9-17-15(21)18-14(20)11-19(2)13-8-6-5-7-12(13)10-16/h12-13H,3-11,16H2,1-2H3,(H2,17,18,20,21). The Balaban J connectivity index is 2.33. The molecule has 6 nitrogen and oxygen atoms in total. The van der Waals surface area contributed by atoms with Crippen LogP contribution in [0.2, 0.25) is 0 Å². The third kappa shape index (κ3) is 6.44. The Morgan fingerprint density at radius 1 is 1.29 bits per heavy atom. The Bertz CT molecular complexity index is 336. The summed E-state index contributed by atoms with van der Waals surface area (Å²) in [4.78, 5) is 25.4. The van der Waals surface area contributed by atoms with Crippen LogP contribution in [0.5, 0.6) is 0 Å². The Morgan fingerprint density at radius 2 is 2.00 bits per heavy atom. The molecule has 1 saturated carbocycles. The van der Waals surface area contributed by atoms with E-state index >= 15 is 0 Å². The SMILES string of the molecule is CCCCNC(=O)NC(=O)CN(C)C1CCCCC1CN. The summed E-state index contributed by atoms with van der Waals surface area (Å²) < 4.78 is 0. The van der Waals surface area contributed by atoms with Crippen LogP contribution in [-0.4, -0.2) is 49.6 Å². The highest BCUT2D eigenvalue weighted by Crippen LogP contribution is 2.26. The summed E-state index contributed by atoms with van der Waals surface area (Å²) in [5.74, 6) is 0.197. The maximum atomic E-state index is 11.9. The second kappa shape index (κ2) is 9.73. The van der Waals surface area contributed by atoms with Gasteiger partial charge >= 0.3 is 6.03 Å². The van der Waals surface area contributed by atoms with Gasteiger partial charge in [0.15, 0.2) is 0 Å². The Kier molecular flexibility index (Phi) is 8.30. The van der Waals surface area contributed by atoms with Crippen molar-refractivity contribution in [3.63, 3.8) is 0 Å². The highest BCUT2D eigenvalue weighted by molar-refractivity contribution is 5.95. The highest BCUT2D eigenvalue weighted by Gasteiger charge is 2.28. The fourth-order valence-corrected chi connectivity index (χ4v) is 2.98. The van der Waals surface area contributed by atoms with Crippen LogP contribution in [0, 0.1) is 5.92 Å². The number of carbonyl (C=O) groups excluding carboxylic acids is 2. The lowest BCUT2D eigenvalue weighted by atomic mass is 9.84. The molecule has 0 aromatic heterocycles. The lowest BCUT2D eigenvalue weighted by Crippen LogP contribution is -2.49. The minimum absolute atomic E-state index is 0.238. The van der Waals surface area contributed by atoms with E-state index in [2.05, 4.69) is 17.6 Å². The number of hydrogen-bond donors (Lipinski definition) is 3. The van der Waals surface area contributed by atoms with Gasteiger partial charge in [0.05, 0.1) is 6.54 Å². The molecule has 1 aliphatic carbocycles. The number of likely N-dealkylation sites (N-methyl/N-ethyl adjacent to an activating group) is 1. The molecule has 0 aromatic carbocycles. The fraction of sp³-hybridized carbons (Fsp3) is 0.867. The van der Waals surface area contributed by atoms with Crippen molar-refractivity contribution in [2.75, 3.05) is 26.7 Å². The van der Waals surface area contributed by atoms with Gasteiger partial charge in [0.1, 0.15) is 0 Å². The maximum Gasteiger partial charge on any atom is 0.321 e. The number of hydrogen-bond acceptors (Lipinski definition) is 4. The van der Waals surface area contributed by atoms with Gasteiger partial charge in [0.2, 0.25) is 5.91 Å². The average molecular weight is 298 g/mol. The second-order valence-corrected chi connectivity index (χ2v) is 5.92. The van der Waals surface area contributed by atoms with Gasteiger partial charge < -0.3 is 11.1 Å². The van der Waals surface area contributed by atoms with Crippen molar-refractivity contribution in [1.82, 2.24) is 15.5 Å². The van der Waals surface area contributed by atoms with E-state index in [9.17, 15) is 9.59 Å². The van der Waals surface area contributed by atoms with Crippen molar-refractivity contribution in [1.29, 1.82) is 0 Å². The van der Waals surface area contributed by atoms with E-state index in [1.54, 1.807) is 0 Å². The molecule has 2 atom stereocenters. The molecule has 2 unspecified atom stereocenters. The molecule has 1 rings (SSSR count). The second-order valence-electron chi connectivity index (χ2n) is 5.92. The van der Waals surface area contributed by atoms with Gasteiger partial charge in [0.25, 0.3) is 0 Å². The predicted molar refractivity (Wildman–Crippen MR) is 83.9 cm³/mol. The number of nitrogens with zero attached hydrogens (tertiary/aromatic N) is 1. The van der Waals surface area contributed by atoms with E-state index in [4.69, 9.17) is 5.73 Å². The first-order chi connectivity index (χ1) is 10.1. The summed E-state index contributed by atoms with van der Waals surface area (Å²) in [5, 5.41) is 5.06. The molecule has 1 aliphatic rings. The van der Waals surface area contributed by atoms with E-state index in [1.165, 1.54) is 12.8 Å². The summed E-state index contributed by atoms with van der Waals surface area (Å²) in [5.41, 5.74) is 5.82. The molecule has 1 fully saturated rings. The van der Waals surface area contributed by atoms with Crippen molar-refractivity contribution in [3.05, 3.63) is 0 Å². The smallest absolute Gasteiger partial charge is 0.321 e. The minimum atomic E-state index is -0.402. The molecule has 0 saturated heterocycles. The first kappa shape index (κ1) is 17.9. The van der Waals surface area contributed by atoms with E-state index in [0.29, 0.717) is 25.0 Å². The third-order valence-corrected chi connectivity index (χ3v) is 4.20. The van der Waals surface area contributed by atoms with E-state index in [0.717, 1.165) is 25.7 Å². The Morgan fingerprint density at radius 3 is 2.67 bits per heavy atom. The van der Waals surface area contributed by atoms with Crippen molar-refractivity contribution in [2.45, 2.75) is 51.5 Å². The molecular weight excluding hydrogens is 268 g/mol. The topological polar surface area (TPSA) is 87.5 Å². The summed E-state index contributed by atoms with van der Waals surface area (Å²) >= 11 is 0. The maximum absolute atomic E-state index is 11.9. The number of rotatable bonds is 7. The lowest BCUT2D eigenvalue weighted by Gasteiger charge is -2.37. The monoisotopic (exact) mass is 298 g/mol.